The molecule has 2 nitrogen and oxygen atoms in total. The standard InChI is InChI=1S/5BrH.NO.Ru/c;;;;;1-2;/h5*1H;;/q;;;;;-1;+3/p-5. The van der Waals surface area contributed by atoms with Crippen molar-refractivity contribution in [2.24, 2.45) is 0 Å². The van der Waals surface area contributed by atoms with E-state index in [4.69, 9.17) is 10.5 Å². The Morgan fingerprint density at radius 3 is 0.875 bits per heavy atom. The summed E-state index contributed by atoms with van der Waals surface area (Å²) in [6.45, 7) is 0. The zero-order valence-electron chi connectivity index (χ0n) is 3.10. The summed E-state index contributed by atoms with van der Waals surface area (Å²) >= 11 is 16.6. The first-order valence-electron chi connectivity index (χ1n) is 0.851. The summed E-state index contributed by atoms with van der Waals surface area (Å²) < 4.78 is -2.41. The topological polar surface area (TPSA) is 39.4 Å². The SMILES string of the molecule is [Br][Ru-2]([Br])([Br])([Br])[Br].[N-]=O. The summed E-state index contributed by atoms with van der Waals surface area (Å²) in [5.41, 5.74) is 5.75. The number of hydrogen-bond acceptors (Lipinski definition) is 1. The molecule has 0 spiro atoms. The Morgan fingerprint density at radius 2 is 0.875 bits per heavy atom. The molecular formula is Br5NORu-3. The summed E-state index contributed by atoms with van der Waals surface area (Å²) in [4.78, 5) is 7.25. The third-order valence-electron chi connectivity index (χ3n) is 0. The number of rotatable bonds is 0. The van der Waals surface area contributed by atoms with Crippen LogP contribution in [0.1, 0.15) is 0 Å². The van der Waals surface area contributed by atoms with Gasteiger partial charge in [0.1, 0.15) is 0 Å². The minimum absolute atomic E-state index is 2.41. The van der Waals surface area contributed by atoms with Gasteiger partial charge in [-0.25, -0.2) is 0 Å². The monoisotopic (exact) mass is 526 g/mol. The molecule has 8 heavy (non-hydrogen) atoms. The van der Waals surface area contributed by atoms with Crippen molar-refractivity contribution in [3.63, 3.8) is 0 Å². The smallest absolute Gasteiger partial charge is 0.423 e. The molecule has 0 heterocycles. The minimum atomic E-state index is -2.41. The second-order valence-corrected chi connectivity index (χ2v) is 80.7. The van der Waals surface area contributed by atoms with Gasteiger partial charge in [0.2, 0.25) is 0 Å². The quantitative estimate of drug-likeness (QED) is 0.424. The molecule has 0 unspecified atom stereocenters. The van der Waals surface area contributed by atoms with Crippen LogP contribution in [0.4, 0.5) is 0 Å². The van der Waals surface area contributed by atoms with Crippen LogP contribution >= 0.6 is 68.1 Å². The normalized spacial score (nSPS) is 14.9. The van der Waals surface area contributed by atoms with Gasteiger partial charge in [0.05, 0.1) is 0 Å². The summed E-state index contributed by atoms with van der Waals surface area (Å²) in [6, 6.07) is 0. The molecular weight excluding hydrogens is 531 g/mol. The van der Waals surface area contributed by atoms with Gasteiger partial charge in [-0.1, -0.05) is 0 Å². The van der Waals surface area contributed by atoms with E-state index < -0.39 is 3.80 Å². The summed E-state index contributed by atoms with van der Waals surface area (Å²) in [7, 11) is 0. The third-order valence-corrected chi connectivity index (χ3v) is 0. The van der Waals surface area contributed by atoms with Crippen LogP contribution in [-0.4, -0.2) is 0 Å². The van der Waals surface area contributed by atoms with Crippen molar-refractivity contribution in [2.45, 2.75) is 0 Å². The molecule has 0 saturated carbocycles. The van der Waals surface area contributed by atoms with Crippen LogP contribution in [0.15, 0.2) is 0 Å². The Bertz CT molecular complexity index is 55.3. The molecule has 57 valence electrons. The zero-order valence-corrected chi connectivity index (χ0v) is 12.8. The molecule has 0 aromatic carbocycles. The van der Waals surface area contributed by atoms with Crippen molar-refractivity contribution in [1.82, 2.24) is 0 Å². The summed E-state index contributed by atoms with van der Waals surface area (Å²) in [6.07, 6.45) is 0. The van der Waals surface area contributed by atoms with E-state index in [1.54, 1.807) is 0 Å². The van der Waals surface area contributed by atoms with Crippen LogP contribution < -0.4 is 0 Å². The van der Waals surface area contributed by atoms with Crippen molar-refractivity contribution in [3.05, 3.63) is 10.5 Å². The van der Waals surface area contributed by atoms with E-state index in [-0.39, 0.29) is 0 Å². The molecule has 0 N–H and O–H groups in total. The van der Waals surface area contributed by atoms with Crippen LogP contribution in [0.5, 0.6) is 0 Å². The number of halogens is 5. The molecule has 0 aromatic rings. The average Bonchev–Trinajstić information content (AvgIpc) is 1.33. The maximum atomic E-state index is 7.25. The minimum Gasteiger partial charge on any atom is -0.577 e. The average molecular weight is 531 g/mol. The number of nitroso groups, excluding NO2 is 1. The maximum absolute atomic E-state index is 7.25. The molecule has 0 rings (SSSR count). The molecule has 0 aromatic heterocycles. The van der Waals surface area contributed by atoms with Gasteiger partial charge in [0.15, 0.2) is 0 Å². The molecule has 0 aliphatic rings. The fraction of sp³-hybridized carbons (Fsp3) is 0. The number of nitrogens with zero attached hydrogens (tertiary/aromatic N) is 1. The van der Waals surface area contributed by atoms with E-state index >= 15 is 0 Å². The van der Waals surface area contributed by atoms with Gasteiger partial charge in [-0.2, -0.15) is 0 Å². The van der Waals surface area contributed by atoms with Crippen LogP contribution in [0.2, 0.25) is 0 Å². The molecule has 0 saturated heterocycles. The fourth-order valence-electron chi connectivity index (χ4n) is 0. The van der Waals surface area contributed by atoms with Gasteiger partial charge < -0.3 is 10.5 Å². The Balaban J connectivity index is 0. The van der Waals surface area contributed by atoms with Gasteiger partial charge in [-0.3, -0.25) is 0 Å². The molecule has 0 radical (unpaired) electrons. The van der Waals surface area contributed by atoms with Crippen molar-refractivity contribution in [3.8, 4) is 0 Å². The summed E-state index contributed by atoms with van der Waals surface area (Å²) in [5.74, 6) is 0. The van der Waals surface area contributed by atoms with Gasteiger partial charge in [-0.15, -0.1) is 0 Å². The molecule has 8 heteroatoms. The molecule has 0 aliphatic heterocycles. The fourth-order valence-corrected chi connectivity index (χ4v) is 0. The van der Waals surface area contributed by atoms with Crippen LogP contribution in [0.25, 0.3) is 5.59 Å². The molecule has 0 aliphatic carbocycles. The Morgan fingerprint density at radius 1 is 0.875 bits per heavy atom. The first kappa shape index (κ1) is 13.2. The van der Waals surface area contributed by atoms with E-state index in [1.165, 1.54) is 0 Å². The van der Waals surface area contributed by atoms with Crippen molar-refractivity contribution in [1.29, 1.82) is 0 Å². The van der Waals surface area contributed by atoms with Crippen molar-refractivity contribution >= 4 is 68.1 Å². The van der Waals surface area contributed by atoms with Gasteiger partial charge in [0, 0.05) is 0 Å². The second kappa shape index (κ2) is 4.49. The third kappa shape index (κ3) is 72.8. The van der Waals surface area contributed by atoms with Crippen molar-refractivity contribution in [2.75, 3.05) is 0 Å². The zero-order chi connectivity index (χ0) is 7.45. The van der Waals surface area contributed by atoms with E-state index in [9.17, 15) is 0 Å². The van der Waals surface area contributed by atoms with Crippen molar-refractivity contribution < 1.29 is 3.80 Å². The largest absolute Gasteiger partial charge is 0.577 e. The second-order valence-electron chi connectivity index (χ2n) is 0.505. The predicted octanol–water partition coefficient (Wildman–Crippen LogP) is 4.55. The Hall–Kier alpha value is 2.62. The first-order valence-corrected chi connectivity index (χ1v) is 20.7. The molecule has 0 atom stereocenters. The molecule has 0 bridgehead atoms. The summed E-state index contributed by atoms with van der Waals surface area (Å²) in [5, 5.41) is 0. The van der Waals surface area contributed by atoms with E-state index in [1.807, 2.05) is 0 Å². The maximum Gasteiger partial charge on any atom is -0.423 e. The predicted molar refractivity (Wildman–Crippen MR) is 51.4 cm³/mol. The van der Waals surface area contributed by atoms with E-state index in [0.29, 0.717) is 0 Å². The van der Waals surface area contributed by atoms with Crippen LogP contribution in [0.3, 0.4) is 0 Å². The van der Waals surface area contributed by atoms with Gasteiger partial charge >= 0.3 is 71.9 Å². The van der Waals surface area contributed by atoms with Gasteiger partial charge in [-0.05, 0) is 0 Å². The van der Waals surface area contributed by atoms with Crippen LogP contribution in [-0.2, 0) is 3.80 Å². The molecule has 0 amide bonds. The number of hydrogen-bond donors (Lipinski definition) is 0. The molecule has 0 fully saturated rings. The first-order chi connectivity index (χ1) is 3.24. The van der Waals surface area contributed by atoms with E-state index in [2.05, 4.69) is 68.1 Å². The Kier molecular flexibility index (Phi) is 7.43. The van der Waals surface area contributed by atoms with E-state index in [0.717, 1.165) is 0 Å². The van der Waals surface area contributed by atoms with Crippen LogP contribution in [0, 0.1) is 4.91 Å². The Labute approximate surface area is 80.8 Å². The van der Waals surface area contributed by atoms with Gasteiger partial charge in [0.25, 0.3) is 0 Å².